The Morgan fingerprint density at radius 3 is 2.38 bits per heavy atom. The first-order chi connectivity index (χ1) is 12.3. The van der Waals surface area contributed by atoms with Gasteiger partial charge in [-0.15, -0.1) is 0 Å². The first-order valence-electron chi connectivity index (χ1n) is 7.86. The van der Waals surface area contributed by atoms with E-state index in [9.17, 15) is 14.4 Å². The van der Waals surface area contributed by atoms with Crippen molar-refractivity contribution in [3.8, 4) is 0 Å². The van der Waals surface area contributed by atoms with Gasteiger partial charge >= 0.3 is 5.69 Å². The molecule has 0 aliphatic carbocycles. The maximum Gasteiger partial charge on any atom is 0.332 e. The number of benzene rings is 1. The number of fused-ring (bicyclic) bond motifs is 1. The zero-order chi connectivity index (χ0) is 19.0. The predicted octanol–water partition coefficient (Wildman–Crippen LogP) is 1.56. The summed E-state index contributed by atoms with van der Waals surface area (Å²) in [5.41, 5.74) is 0.339. The molecule has 26 heavy (non-hydrogen) atoms. The van der Waals surface area contributed by atoms with E-state index in [4.69, 9.17) is 11.6 Å². The normalized spacial score (nSPS) is 10.9. The number of aryl methyl sites for hydroxylation is 1. The minimum absolute atomic E-state index is 0.164. The average molecular weight is 373 g/mol. The zero-order valence-electron chi connectivity index (χ0n) is 14.6. The number of aromatic nitrogens is 3. The Kier molecular flexibility index (Phi) is 4.65. The van der Waals surface area contributed by atoms with Crippen molar-refractivity contribution in [3.63, 3.8) is 0 Å². The smallest absolute Gasteiger partial charge is 0.332 e. The standard InChI is InChI=1S/C18H17ClN4O3/c1-21(10-11-4-6-12(19)7-5-11)17(25)14-9-8-13-15(20-14)22(2)18(26)23(3)16(13)24/h4-9H,10H2,1-3H3. The second-order valence-electron chi connectivity index (χ2n) is 6.06. The molecule has 0 radical (unpaired) electrons. The van der Waals surface area contributed by atoms with Crippen molar-refractivity contribution in [3.05, 3.63) is 73.5 Å². The summed E-state index contributed by atoms with van der Waals surface area (Å²) in [5.74, 6) is -0.310. The highest BCUT2D eigenvalue weighted by atomic mass is 35.5. The second-order valence-corrected chi connectivity index (χ2v) is 6.50. The van der Waals surface area contributed by atoms with E-state index in [1.807, 2.05) is 12.1 Å². The highest BCUT2D eigenvalue weighted by Gasteiger charge is 2.17. The van der Waals surface area contributed by atoms with Gasteiger partial charge in [0.2, 0.25) is 0 Å². The lowest BCUT2D eigenvalue weighted by molar-refractivity contribution is 0.0779. The van der Waals surface area contributed by atoms with Crippen LogP contribution in [0.4, 0.5) is 0 Å². The Morgan fingerprint density at radius 2 is 1.73 bits per heavy atom. The van der Waals surface area contributed by atoms with Gasteiger partial charge in [-0.25, -0.2) is 9.78 Å². The van der Waals surface area contributed by atoms with Crippen LogP contribution in [0.1, 0.15) is 16.1 Å². The van der Waals surface area contributed by atoms with Crippen molar-refractivity contribution in [2.75, 3.05) is 7.05 Å². The topological polar surface area (TPSA) is 77.2 Å². The number of pyridine rings is 1. The van der Waals surface area contributed by atoms with Gasteiger partial charge in [-0.2, -0.15) is 0 Å². The quantitative estimate of drug-likeness (QED) is 0.699. The van der Waals surface area contributed by atoms with E-state index in [0.717, 1.165) is 10.1 Å². The lowest BCUT2D eigenvalue weighted by atomic mass is 10.2. The summed E-state index contributed by atoms with van der Waals surface area (Å²) in [5, 5.41) is 0.910. The van der Waals surface area contributed by atoms with Gasteiger partial charge in [0, 0.05) is 32.7 Å². The Morgan fingerprint density at radius 1 is 1.08 bits per heavy atom. The molecule has 0 unspecified atom stereocenters. The second kappa shape index (κ2) is 6.76. The lowest BCUT2D eigenvalue weighted by Gasteiger charge is -2.17. The van der Waals surface area contributed by atoms with Crippen LogP contribution < -0.4 is 11.2 Å². The van der Waals surface area contributed by atoms with Gasteiger partial charge in [0.05, 0.1) is 5.39 Å². The van der Waals surface area contributed by atoms with E-state index in [2.05, 4.69) is 4.98 Å². The molecule has 0 N–H and O–H groups in total. The molecule has 1 amide bonds. The van der Waals surface area contributed by atoms with Crippen molar-refractivity contribution in [2.45, 2.75) is 6.54 Å². The van der Waals surface area contributed by atoms with Crippen LogP contribution in [0.2, 0.25) is 5.02 Å². The SMILES string of the molecule is CN(Cc1ccc(Cl)cc1)C(=O)c1ccc2c(=O)n(C)c(=O)n(C)c2n1. The molecular formula is C18H17ClN4O3. The van der Waals surface area contributed by atoms with Gasteiger partial charge in [-0.05, 0) is 29.8 Å². The summed E-state index contributed by atoms with van der Waals surface area (Å²) in [6.45, 7) is 0.380. The summed E-state index contributed by atoms with van der Waals surface area (Å²) < 4.78 is 2.27. The third-order valence-corrected chi connectivity index (χ3v) is 4.45. The summed E-state index contributed by atoms with van der Waals surface area (Å²) in [4.78, 5) is 42.7. The minimum atomic E-state index is -0.492. The molecule has 7 nitrogen and oxygen atoms in total. The van der Waals surface area contributed by atoms with Crippen LogP contribution in [0.5, 0.6) is 0 Å². The number of carbonyl (C=O) groups excluding carboxylic acids is 1. The molecule has 134 valence electrons. The molecule has 0 fully saturated rings. The van der Waals surface area contributed by atoms with Crippen molar-refractivity contribution in [2.24, 2.45) is 14.1 Å². The lowest BCUT2D eigenvalue weighted by Crippen LogP contribution is -2.37. The fourth-order valence-corrected chi connectivity index (χ4v) is 2.83. The van der Waals surface area contributed by atoms with Crippen LogP contribution in [0.3, 0.4) is 0 Å². The number of amides is 1. The monoisotopic (exact) mass is 372 g/mol. The number of carbonyl (C=O) groups is 1. The molecule has 0 spiro atoms. The van der Waals surface area contributed by atoms with Gasteiger partial charge in [0.25, 0.3) is 11.5 Å². The maximum absolute atomic E-state index is 12.7. The van der Waals surface area contributed by atoms with Crippen LogP contribution in [-0.4, -0.2) is 32.0 Å². The highest BCUT2D eigenvalue weighted by Crippen LogP contribution is 2.13. The molecule has 2 aromatic heterocycles. The van der Waals surface area contributed by atoms with E-state index in [1.54, 1.807) is 19.2 Å². The van der Waals surface area contributed by atoms with E-state index in [0.29, 0.717) is 11.6 Å². The largest absolute Gasteiger partial charge is 0.336 e. The zero-order valence-corrected chi connectivity index (χ0v) is 15.3. The van der Waals surface area contributed by atoms with Crippen LogP contribution >= 0.6 is 11.6 Å². The summed E-state index contributed by atoms with van der Waals surface area (Å²) >= 11 is 5.87. The van der Waals surface area contributed by atoms with E-state index >= 15 is 0 Å². The summed E-state index contributed by atoms with van der Waals surface area (Å²) in [6, 6.07) is 10.2. The van der Waals surface area contributed by atoms with Crippen molar-refractivity contribution in [1.29, 1.82) is 0 Å². The van der Waals surface area contributed by atoms with E-state index in [1.165, 1.54) is 35.7 Å². The fraction of sp³-hybridized carbons (Fsp3) is 0.222. The Bertz CT molecular complexity index is 1120. The average Bonchev–Trinajstić information content (AvgIpc) is 2.65. The van der Waals surface area contributed by atoms with Crippen LogP contribution in [-0.2, 0) is 20.6 Å². The third kappa shape index (κ3) is 3.13. The van der Waals surface area contributed by atoms with Crippen molar-refractivity contribution < 1.29 is 4.79 Å². The van der Waals surface area contributed by atoms with Gasteiger partial charge in [-0.1, -0.05) is 23.7 Å². The first-order valence-corrected chi connectivity index (χ1v) is 8.24. The van der Waals surface area contributed by atoms with Crippen LogP contribution in [0.15, 0.2) is 46.0 Å². The fourth-order valence-electron chi connectivity index (χ4n) is 2.70. The van der Waals surface area contributed by atoms with Crippen LogP contribution in [0.25, 0.3) is 11.0 Å². The van der Waals surface area contributed by atoms with E-state index < -0.39 is 11.2 Å². The molecule has 8 heteroatoms. The van der Waals surface area contributed by atoms with Gasteiger partial charge in [0.15, 0.2) is 0 Å². The van der Waals surface area contributed by atoms with E-state index in [-0.39, 0.29) is 22.6 Å². The number of rotatable bonds is 3. The molecule has 0 aliphatic rings. The Balaban J connectivity index is 1.97. The Labute approximate surface area is 154 Å². The molecule has 0 saturated carbocycles. The molecule has 0 saturated heterocycles. The molecule has 3 aromatic rings. The molecule has 0 atom stereocenters. The predicted molar refractivity (Wildman–Crippen MR) is 99.5 cm³/mol. The summed E-state index contributed by atoms with van der Waals surface area (Å²) in [7, 11) is 4.58. The maximum atomic E-state index is 12.7. The van der Waals surface area contributed by atoms with Crippen LogP contribution in [0, 0.1) is 0 Å². The number of hydrogen-bond donors (Lipinski definition) is 0. The molecule has 3 rings (SSSR count). The summed E-state index contributed by atoms with van der Waals surface area (Å²) in [6.07, 6.45) is 0. The van der Waals surface area contributed by atoms with Gasteiger partial charge < -0.3 is 4.90 Å². The first kappa shape index (κ1) is 17.9. The van der Waals surface area contributed by atoms with Crippen molar-refractivity contribution in [1.82, 2.24) is 19.0 Å². The highest BCUT2D eigenvalue weighted by molar-refractivity contribution is 6.30. The minimum Gasteiger partial charge on any atom is -0.336 e. The molecular weight excluding hydrogens is 356 g/mol. The van der Waals surface area contributed by atoms with Crippen molar-refractivity contribution >= 4 is 28.5 Å². The molecule has 0 bridgehead atoms. The third-order valence-electron chi connectivity index (χ3n) is 4.20. The molecule has 2 heterocycles. The molecule has 0 aliphatic heterocycles. The van der Waals surface area contributed by atoms with Gasteiger partial charge in [-0.3, -0.25) is 18.7 Å². The number of halogens is 1. The number of hydrogen-bond acceptors (Lipinski definition) is 4. The Hall–Kier alpha value is -2.93. The molecule has 1 aromatic carbocycles. The van der Waals surface area contributed by atoms with Gasteiger partial charge in [0.1, 0.15) is 11.3 Å². The number of nitrogens with zero attached hydrogens (tertiary/aromatic N) is 4.